The summed E-state index contributed by atoms with van der Waals surface area (Å²) >= 11 is 10.0. The van der Waals surface area contributed by atoms with E-state index in [1.807, 2.05) is 30.5 Å². The third kappa shape index (κ3) is 2.83. The molecule has 2 rings (SSSR count). The summed E-state index contributed by atoms with van der Waals surface area (Å²) in [6.45, 7) is 1.96. The quantitative estimate of drug-likeness (QED) is 0.846. The average molecular weight is 328 g/mol. The van der Waals surface area contributed by atoms with Gasteiger partial charge in [0, 0.05) is 15.4 Å². The largest absolute Gasteiger partial charge is 0.389 e. The van der Waals surface area contributed by atoms with Gasteiger partial charge < -0.3 is 11.1 Å². The standard InChI is InChI=1S/C11H10BrN3S2/c1-6-5-17-11(14-6)15-8-4-2-3-7(12)9(8)10(13)16/h2-5H,1H3,(H2,13,16)(H,14,15). The molecule has 17 heavy (non-hydrogen) atoms. The minimum absolute atomic E-state index is 0.355. The van der Waals surface area contributed by atoms with Crippen LogP contribution in [-0.2, 0) is 0 Å². The molecule has 1 aromatic carbocycles. The Balaban J connectivity index is 2.39. The number of thiazole rings is 1. The van der Waals surface area contributed by atoms with E-state index in [2.05, 4.69) is 26.2 Å². The van der Waals surface area contributed by atoms with Gasteiger partial charge in [-0.05, 0) is 35.0 Å². The van der Waals surface area contributed by atoms with E-state index in [0.29, 0.717) is 4.99 Å². The van der Waals surface area contributed by atoms with Crippen LogP contribution in [0, 0.1) is 6.92 Å². The molecule has 0 radical (unpaired) electrons. The van der Waals surface area contributed by atoms with Gasteiger partial charge in [0.2, 0.25) is 0 Å². The number of aromatic nitrogens is 1. The number of rotatable bonds is 3. The Bertz CT molecular complexity index is 566. The average Bonchev–Trinajstić information content (AvgIpc) is 2.63. The first-order valence-corrected chi connectivity index (χ1v) is 6.93. The number of nitrogens with two attached hydrogens (primary N) is 1. The second kappa shape index (κ2) is 5.12. The minimum Gasteiger partial charge on any atom is -0.389 e. The molecule has 0 amide bonds. The van der Waals surface area contributed by atoms with Crippen LogP contribution in [-0.4, -0.2) is 9.97 Å². The zero-order chi connectivity index (χ0) is 12.4. The van der Waals surface area contributed by atoms with Crippen LogP contribution in [0.1, 0.15) is 11.3 Å². The number of benzene rings is 1. The van der Waals surface area contributed by atoms with E-state index < -0.39 is 0 Å². The van der Waals surface area contributed by atoms with Gasteiger partial charge in [0.05, 0.1) is 11.4 Å². The van der Waals surface area contributed by atoms with Crippen molar-refractivity contribution in [3.8, 4) is 0 Å². The highest BCUT2D eigenvalue weighted by Gasteiger charge is 2.10. The van der Waals surface area contributed by atoms with Crippen LogP contribution >= 0.6 is 39.5 Å². The van der Waals surface area contributed by atoms with Gasteiger partial charge in [-0.2, -0.15) is 0 Å². The second-order valence-electron chi connectivity index (χ2n) is 3.45. The lowest BCUT2D eigenvalue weighted by molar-refractivity contribution is 1.26. The molecular weight excluding hydrogens is 318 g/mol. The summed E-state index contributed by atoms with van der Waals surface area (Å²) in [5.74, 6) is 0. The molecular formula is C11H10BrN3S2. The molecule has 0 aliphatic heterocycles. The molecule has 0 atom stereocenters. The van der Waals surface area contributed by atoms with E-state index in [0.717, 1.165) is 26.5 Å². The zero-order valence-corrected chi connectivity index (χ0v) is 12.2. The first kappa shape index (κ1) is 12.5. The molecule has 0 spiro atoms. The Morgan fingerprint density at radius 1 is 1.53 bits per heavy atom. The maximum atomic E-state index is 5.72. The molecule has 0 saturated heterocycles. The summed E-state index contributed by atoms with van der Waals surface area (Å²) in [6.07, 6.45) is 0. The number of halogens is 1. The fourth-order valence-electron chi connectivity index (χ4n) is 1.41. The molecule has 88 valence electrons. The Kier molecular flexibility index (Phi) is 3.76. The van der Waals surface area contributed by atoms with Crippen molar-refractivity contribution in [2.45, 2.75) is 6.92 Å². The van der Waals surface area contributed by atoms with Crippen LogP contribution in [0.5, 0.6) is 0 Å². The third-order valence-corrected chi connectivity index (χ3v) is 3.86. The van der Waals surface area contributed by atoms with Crippen molar-refractivity contribution < 1.29 is 0 Å². The fourth-order valence-corrected chi connectivity index (χ4v) is 3.04. The second-order valence-corrected chi connectivity index (χ2v) is 5.60. The monoisotopic (exact) mass is 327 g/mol. The molecule has 0 fully saturated rings. The summed E-state index contributed by atoms with van der Waals surface area (Å²) in [4.78, 5) is 4.70. The van der Waals surface area contributed by atoms with Gasteiger partial charge in [-0.25, -0.2) is 4.98 Å². The van der Waals surface area contributed by atoms with Gasteiger partial charge >= 0.3 is 0 Å². The Labute approximate surface area is 117 Å². The molecule has 6 heteroatoms. The van der Waals surface area contributed by atoms with Crippen LogP contribution < -0.4 is 11.1 Å². The van der Waals surface area contributed by atoms with Crippen molar-refractivity contribution in [3.05, 3.63) is 39.3 Å². The number of nitrogens with zero attached hydrogens (tertiary/aromatic N) is 1. The molecule has 3 nitrogen and oxygen atoms in total. The molecule has 3 N–H and O–H groups in total. The zero-order valence-electron chi connectivity index (χ0n) is 9.03. The number of hydrogen-bond donors (Lipinski definition) is 2. The topological polar surface area (TPSA) is 50.9 Å². The highest BCUT2D eigenvalue weighted by Crippen LogP contribution is 2.28. The highest BCUT2D eigenvalue weighted by molar-refractivity contribution is 9.10. The normalized spacial score (nSPS) is 10.2. The predicted molar refractivity (Wildman–Crippen MR) is 80.2 cm³/mol. The Morgan fingerprint density at radius 3 is 2.88 bits per heavy atom. The summed E-state index contributed by atoms with van der Waals surface area (Å²) in [5.41, 5.74) is 8.37. The third-order valence-electron chi connectivity index (χ3n) is 2.12. The predicted octanol–water partition coefficient (Wildman–Crippen LogP) is 3.59. The van der Waals surface area contributed by atoms with Crippen LogP contribution in [0.15, 0.2) is 28.1 Å². The lowest BCUT2D eigenvalue weighted by Gasteiger charge is -2.10. The van der Waals surface area contributed by atoms with Crippen molar-refractivity contribution in [1.82, 2.24) is 4.98 Å². The van der Waals surface area contributed by atoms with Gasteiger partial charge in [-0.1, -0.05) is 18.3 Å². The Hall–Kier alpha value is -0.980. The molecule has 0 aliphatic carbocycles. The van der Waals surface area contributed by atoms with Gasteiger partial charge in [0.25, 0.3) is 0 Å². The van der Waals surface area contributed by atoms with Crippen LogP contribution in [0.25, 0.3) is 0 Å². The molecule has 1 aromatic heterocycles. The van der Waals surface area contributed by atoms with Gasteiger partial charge in [-0.15, -0.1) is 11.3 Å². The van der Waals surface area contributed by atoms with Crippen molar-refractivity contribution >= 4 is 55.3 Å². The van der Waals surface area contributed by atoms with Crippen molar-refractivity contribution in [2.24, 2.45) is 5.73 Å². The van der Waals surface area contributed by atoms with Crippen LogP contribution in [0.3, 0.4) is 0 Å². The lowest BCUT2D eigenvalue weighted by Crippen LogP contribution is -2.12. The molecule has 0 bridgehead atoms. The van der Waals surface area contributed by atoms with E-state index in [1.165, 1.54) is 0 Å². The molecule has 1 heterocycles. The number of hydrogen-bond acceptors (Lipinski definition) is 4. The first-order valence-electron chi connectivity index (χ1n) is 4.85. The smallest absolute Gasteiger partial charge is 0.187 e. The van der Waals surface area contributed by atoms with E-state index in [4.69, 9.17) is 18.0 Å². The maximum Gasteiger partial charge on any atom is 0.187 e. The first-order chi connectivity index (χ1) is 8.08. The van der Waals surface area contributed by atoms with Crippen molar-refractivity contribution in [1.29, 1.82) is 0 Å². The summed E-state index contributed by atoms with van der Waals surface area (Å²) in [6, 6.07) is 5.76. The SMILES string of the molecule is Cc1csc(Nc2cccc(Br)c2C(N)=S)n1. The van der Waals surface area contributed by atoms with Crippen LogP contribution in [0.2, 0.25) is 0 Å². The molecule has 0 saturated carbocycles. The summed E-state index contributed by atoms with van der Waals surface area (Å²) in [7, 11) is 0. The van der Waals surface area contributed by atoms with Crippen molar-refractivity contribution in [3.63, 3.8) is 0 Å². The summed E-state index contributed by atoms with van der Waals surface area (Å²) < 4.78 is 0.878. The molecule has 0 unspecified atom stereocenters. The Morgan fingerprint density at radius 2 is 2.29 bits per heavy atom. The van der Waals surface area contributed by atoms with E-state index in [1.54, 1.807) is 11.3 Å². The van der Waals surface area contributed by atoms with Gasteiger partial charge in [-0.3, -0.25) is 0 Å². The number of nitrogens with one attached hydrogen (secondary N) is 1. The van der Waals surface area contributed by atoms with E-state index in [9.17, 15) is 0 Å². The van der Waals surface area contributed by atoms with E-state index in [-0.39, 0.29) is 0 Å². The number of anilines is 2. The fraction of sp³-hybridized carbons (Fsp3) is 0.0909. The molecule has 2 aromatic rings. The summed E-state index contributed by atoms with van der Waals surface area (Å²) in [5, 5.41) is 6.04. The lowest BCUT2D eigenvalue weighted by atomic mass is 10.2. The van der Waals surface area contributed by atoms with Crippen LogP contribution in [0.4, 0.5) is 10.8 Å². The van der Waals surface area contributed by atoms with E-state index >= 15 is 0 Å². The minimum atomic E-state index is 0.355. The van der Waals surface area contributed by atoms with Gasteiger partial charge in [0.15, 0.2) is 5.13 Å². The highest BCUT2D eigenvalue weighted by atomic mass is 79.9. The number of aryl methyl sites for hydroxylation is 1. The van der Waals surface area contributed by atoms with Gasteiger partial charge in [0.1, 0.15) is 4.99 Å². The molecule has 0 aliphatic rings. The van der Waals surface area contributed by atoms with Crippen molar-refractivity contribution in [2.75, 3.05) is 5.32 Å². The number of thiocarbonyl (C=S) groups is 1. The maximum absolute atomic E-state index is 5.72.